The lowest BCUT2D eigenvalue weighted by molar-refractivity contribution is -0.135. The molecule has 4 heteroatoms. The summed E-state index contributed by atoms with van der Waals surface area (Å²) in [6.07, 6.45) is 3.13. The molecule has 1 atom stereocenters. The molecular formula is C9H16N2O2. The van der Waals surface area contributed by atoms with Gasteiger partial charge in [0, 0.05) is 19.7 Å². The number of likely N-dealkylation sites (tertiary alicyclic amines) is 1. The molecule has 2 rings (SSSR count). The molecule has 0 aromatic carbocycles. The van der Waals surface area contributed by atoms with Gasteiger partial charge < -0.3 is 15.4 Å². The van der Waals surface area contributed by atoms with Gasteiger partial charge >= 0.3 is 0 Å². The van der Waals surface area contributed by atoms with E-state index in [1.165, 1.54) is 0 Å². The minimum atomic E-state index is -0.249. The van der Waals surface area contributed by atoms with Crippen molar-refractivity contribution in [1.29, 1.82) is 0 Å². The van der Waals surface area contributed by atoms with Crippen LogP contribution in [-0.4, -0.2) is 42.6 Å². The van der Waals surface area contributed by atoms with Crippen molar-refractivity contribution in [3.8, 4) is 0 Å². The average molecular weight is 184 g/mol. The minimum absolute atomic E-state index is 0.125. The average Bonchev–Trinajstić information content (AvgIpc) is 2.34. The number of rotatable bonds is 2. The van der Waals surface area contributed by atoms with Gasteiger partial charge in [-0.25, -0.2) is 0 Å². The SMILES string of the molecule is COC1CC(N2CCC(N)C2=O)C1. The number of ether oxygens (including phenoxy) is 1. The summed E-state index contributed by atoms with van der Waals surface area (Å²) >= 11 is 0. The predicted molar refractivity (Wildman–Crippen MR) is 48.1 cm³/mol. The van der Waals surface area contributed by atoms with E-state index in [0.29, 0.717) is 12.1 Å². The molecular weight excluding hydrogens is 168 g/mol. The molecule has 2 N–H and O–H groups in total. The smallest absolute Gasteiger partial charge is 0.239 e. The highest BCUT2D eigenvalue weighted by Gasteiger charge is 2.40. The van der Waals surface area contributed by atoms with E-state index in [9.17, 15) is 4.79 Å². The second kappa shape index (κ2) is 3.27. The van der Waals surface area contributed by atoms with Crippen LogP contribution >= 0.6 is 0 Å². The van der Waals surface area contributed by atoms with Crippen LogP contribution < -0.4 is 5.73 Å². The number of methoxy groups -OCH3 is 1. The highest BCUT2D eigenvalue weighted by atomic mass is 16.5. The van der Waals surface area contributed by atoms with Gasteiger partial charge in [0.25, 0.3) is 0 Å². The van der Waals surface area contributed by atoms with Crippen LogP contribution in [0.5, 0.6) is 0 Å². The van der Waals surface area contributed by atoms with Gasteiger partial charge in [0.05, 0.1) is 12.1 Å². The second-order valence-corrected chi connectivity index (χ2v) is 3.91. The van der Waals surface area contributed by atoms with E-state index >= 15 is 0 Å². The quantitative estimate of drug-likeness (QED) is 0.642. The summed E-state index contributed by atoms with van der Waals surface area (Å²) in [5.74, 6) is 0.125. The zero-order valence-electron chi connectivity index (χ0n) is 7.90. The molecule has 1 heterocycles. The molecule has 1 aliphatic carbocycles. The molecule has 1 amide bonds. The molecule has 2 fully saturated rings. The summed E-state index contributed by atoms with van der Waals surface area (Å²) < 4.78 is 5.17. The summed E-state index contributed by atoms with van der Waals surface area (Å²) in [5.41, 5.74) is 5.63. The molecule has 0 aromatic heterocycles. The van der Waals surface area contributed by atoms with Gasteiger partial charge in [-0.15, -0.1) is 0 Å². The lowest BCUT2D eigenvalue weighted by Crippen LogP contribution is -2.50. The van der Waals surface area contributed by atoms with Crippen LogP contribution in [0.1, 0.15) is 19.3 Å². The maximum Gasteiger partial charge on any atom is 0.239 e. The number of hydrogen-bond acceptors (Lipinski definition) is 3. The van der Waals surface area contributed by atoms with Crippen LogP contribution in [0.25, 0.3) is 0 Å². The van der Waals surface area contributed by atoms with Crippen molar-refractivity contribution in [2.75, 3.05) is 13.7 Å². The molecule has 1 saturated carbocycles. The minimum Gasteiger partial charge on any atom is -0.381 e. The monoisotopic (exact) mass is 184 g/mol. The summed E-state index contributed by atoms with van der Waals surface area (Å²) in [6.45, 7) is 0.834. The molecule has 74 valence electrons. The van der Waals surface area contributed by atoms with Crippen molar-refractivity contribution in [3.05, 3.63) is 0 Å². The normalized spacial score (nSPS) is 39.4. The number of nitrogens with zero attached hydrogens (tertiary/aromatic N) is 1. The predicted octanol–water partition coefficient (Wildman–Crippen LogP) is -0.277. The highest BCUT2D eigenvalue weighted by molar-refractivity contribution is 5.84. The van der Waals surface area contributed by atoms with Crippen molar-refractivity contribution < 1.29 is 9.53 Å². The van der Waals surface area contributed by atoms with E-state index in [4.69, 9.17) is 10.5 Å². The zero-order valence-corrected chi connectivity index (χ0v) is 7.90. The lowest BCUT2D eigenvalue weighted by Gasteiger charge is -2.40. The van der Waals surface area contributed by atoms with Crippen molar-refractivity contribution >= 4 is 5.91 Å². The van der Waals surface area contributed by atoms with Crippen molar-refractivity contribution in [1.82, 2.24) is 4.90 Å². The van der Waals surface area contributed by atoms with Crippen molar-refractivity contribution in [2.45, 2.75) is 37.5 Å². The Balaban J connectivity index is 1.87. The fourth-order valence-corrected chi connectivity index (χ4v) is 2.07. The Hall–Kier alpha value is -0.610. The van der Waals surface area contributed by atoms with Crippen LogP contribution in [0.15, 0.2) is 0 Å². The number of carbonyl (C=O) groups is 1. The fraction of sp³-hybridized carbons (Fsp3) is 0.889. The Labute approximate surface area is 78.0 Å². The first-order chi connectivity index (χ1) is 6.22. The van der Waals surface area contributed by atoms with E-state index < -0.39 is 0 Å². The molecule has 0 aromatic rings. The van der Waals surface area contributed by atoms with E-state index in [1.54, 1.807) is 7.11 Å². The molecule has 1 unspecified atom stereocenters. The van der Waals surface area contributed by atoms with Crippen LogP contribution in [0, 0.1) is 0 Å². The molecule has 1 aliphatic heterocycles. The highest BCUT2D eigenvalue weighted by Crippen LogP contribution is 2.30. The Morgan fingerprint density at radius 3 is 2.69 bits per heavy atom. The van der Waals surface area contributed by atoms with Gasteiger partial charge in [-0.2, -0.15) is 0 Å². The van der Waals surface area contributed by atoms with Gasteiger partial charge in [-0.3, -0.25) is 4.79 Å². The molecule has 13 heavy (non-hydrogen) atoms. The van der Waals surface area contributed by atoms with E-state index in [0.717, 1.165) is 25.8 Å². The standard InChI is InChI=1S/C9H16N2O2/c1-13-7-4-6(5-7)11-3-2-8(10)9(11)12/h6-8H,2-5,10H2,1H3. The van der Waals surface area contributed by atoms with Crippen molar-refractivity contribution in [3.63, 3.8) is 0 Å². The van der Waals surface area contributed by atoms with Crippen LogP contribution in [0.2, 0.25) is 0 Å². The number of amides is 1. The lowest BCUT2D eigenvalue weighted by atomic mass is 9.88. The van der Waals surface area contributed by atoms with Gasteiger partial charge in [-0.1, -0.05) is 0 Å². The molecule has 2 aliphatic rings. The van der Waals surface area contributed by atoms with Crippen LogP contribution in [0.3, 0.4) is 0 Å². The Morgan fingerprint density at radius 1 is 1.54 bits per heavy atom. The number of nitrogens with two attached hydrogens (primary N) is 1. The van der Waals surface area contributed by atoms with Crippen molar-refractivity contribution in [2.24, 2.45) is 5.73 Å². The topological polar surface area (TPSA) is 55.6 Å². The third-order valence-corrected chi connectivity index (χ3v) is 3.13. The largest absolute Gasteiger partial charge is 0.381 e. The summed E-state index contributed by atoms with van der Waals surface area (Å²) in [7, 11) is 1.72. The summed E-state index contributed by atoms with van der Waals surface area (Å²) in [6, 6.07) is 0.146. The van der Waals surface area contributed by atoms with Crippen LogP contribution in [0.4, 0.5) is 0 Å². The summed E-state index contributed by atoms with van der Waals surface area (Å²) in [4.78, 5) is 13.4. The first-order valence-electron chi connectivity index (χ1n) is 4.81. The second-order valence-electron chi connectivity index (χ2n) is 3.91. The summed E-state index contributed by atoms with van der Waals surface area (Å²) in [5, 5.41) is 0. The number of hydrogen-bond donors (Lipinski definition) is 1. The van der Waals surface area contributed by atoms with Gasteiger partial charge in [0.1, 0.15) is 0 Å². The molecule has 1 saturated heterocycles. The number of carbonyl (C=O) groups excluding carboxylic acids is 1. The fourth-order valence-electron chi connectivity index (χ4n) is 2.07. The Kier molecular flexibility index (Phi) is 2.26. The van der Waals surface area contributed by atoms with Gasteiger partial charge in [0.2, 0.25) is 5.91 Å². The third kappa shape index (κ3) is 1.44. The molecule has 0 bridgehead atoms. The van der Waals surface area contributed by atoms with E-state index in [1.807, 2.05) is 4.90 Å². The van der Waals surface area contributed by atoms with Crippen LogP contribution in [-0.2, 0) is 9.53 Å². The first kappa shape index (κ1) is 8.97. The molecule has 0 spiro atoms. The van der Waals surface area contributed by atoms with Gasteiger partial charge in [-0.05, 0) is 19.3 Å². The third-order valence-electron chi connectivity index (χ3n) is 3.13. The van der Waals surface area contributed by atoms with E-state index in [-0.39, 0.29) is 11.9 Å². The Bertz CT molecular complexity index is 214. The first-order valence-corrected chi connectivity index (χ1v) is 4.81. The Morgan fingerprint density at radius 2 is 2.23 bits per heavy atom. The van der Waals surface area contributed by atoms with E-state index in [2.05, 4.69) is 0 Å². The molecule has 0 radical (unpaired) electrons. The molecule has 4 nitrogen and oxygen atoms in total. The zero-order chi connectivity index (χ0) is 9.42. The maximum atomic E-state index is 11.5. The maximum absolute atomic E-state index is 11.5. The van der Waals surface area contributed by atoms with Gasteiger partial charge in [0.15, 0.2) is 0 Å².